The van der Waals surface area contributed by atoms with E-state index in [-0.39, 0.29) is 5.69 Å². The molecule has 5 nitrogen and oxygen atoms in total. The Morgan fingerprint density at radius 2 is 2.00 bits per heavy atom. The first-order chi connectivity index (χ1) is 7.49. The average molecular weight is 227 g/mol. The molecule has 2 rings (SSSR count). The molecular formula is C9H11F2N5. The van der Waals surface area contributed by atoms with Crippen LogP contribution in [-0.2, 0) is 14.1 Å². The number of aromatic nitrogens is 4. The summed E-state index contributed by atoms with van der Waals surface area (Å²) in [5.41, 5.74) is 6.04. The van der Waals surface area contributed by atoms with Crippen molar-refractivity contribution in [2.24, 2.45) is 14.1 Å². The van der Waals surface area contributed by atoms with E-state index in [1.807, 2.05) is 0 Å². The van der Waals surface area contributed by atoms with E-state index in [0.29, 0.717) is 17.1 Å². The van der Waals surface area contributed by atoms with Crippen molar-refractivity contribution in [1.29, 1.82) is 0 Å². The molecular weight excluding hydrogens is 216 g/mol. The van der Waals surface area contributed by atoms with Gasteiger partial charge in [-0.3, -0.25) is 9.36 Å². The predicted octanol–water partition coefficient (Wildman–Crippen LogP) is 1.34. The van der Waals surface area contributed by atoms with Gasteiger partial charge < -0.3 is 5.73 Å². The first-order valence-corrected chi connectivity index (χ1v) is 4.60. The topological polar surface area (TPSA) is 61.7 Å². The highest BCUT2D eigenvalue weighted by atomic mass is 19.3. The number of hydrogen-bond donors (Lipinski definition) is 1. The van der Waals surface area contributed by atoms with Crippen molar-refractivity contribution in [3.05, 3.63) is 18.0 Å². The van der Waals surface area contributed by atoms with Crippen LogP contribution in [0.3, 0.4) is 0 Å². The number of anilines is 1. The molecule has 0 atom stereocenters. The van der Waals surface area contributed by atoms with Crippen LogP contribution in [-0.4, -0.2) is 19.6 Å². The zero-order chi connectivity index (χ0) is 11.9. The van der Waals surface area contributed by atoms with Crippen LogP contribution in [0.25, 0.3) is 11.3 Å². The van der Waals surface area contributed by atoms with E-state index in [0.717, 1.165) is 0 Å². The number of rotatable bonds is 2. The van der Waals surface area contributed by atoms with E-state index in [2.05, 4.69) is 10.2 Å². The first kappa shape index (κ1) is 10.6. The third-order valence-electron chi connectivity index (χ3n) is 2.26. The maximum absolute atomic E-state index is 12.7. The van der Waals surface area contributed by atoms with Gasteiger partial charge in [0.05, 0.1) is 5.69 Å². The number of hydrogen-bond acceptors (Lipinski definition) is 3. The summed E-state index contributed by atoms with van der Waals surface area (Å²) in [6, 6.07) is 1.54. The van der Waals surface area contributed by atoms with Gasteiger partial charge in [0, 0.05) is 31.9 Å². The van der Waals surface area contributed by atoms with Crippen LogP contribution < -0.4 is 5.73 Å². The van der Waals surface area contributed by atoms with Crippen LogP contribution in [0.4, 0.5) is 14.6 Å². The van der Waals surface area contributed by atoms with Crippen LogP contribution in [0.5, 0.6) is 0 Å². The van der Waals surface area contributed by atoms with Crippen molar-refractivity contribution >= 4 is 5.82 Å². The molecule has 0 aliphatic rings. The van der Waals surface area contributed by atoms with Gasteiger partial charge in [0.25, 0.3) is 6.43 Å². The molecule has 7 heteroatoms. The van der Waals surface area contributed by atoms with Crippen molar-refractivity contribution in [2.45, 2.75) is 6.43 Å². The van der Waals surface area contributed by atoms with Gasteiger partial charge in [0.1, 0.15) is 11.5 Å². The van der Waals surface area contributed by atoms with Crippen molar-refractivity contribution < 1.29 is 8.78 Å². The van der Waals surface area contributed by atoms with Crippen LogP contribution >= 0.6 is 0 Å². The summed E-state index contributed by atoms with van der Waals surface area (Å²) >= 11 is 0. The summed E-state index contributed by atoms with van der Waals surface area (Å²) in [7, 11) is 3.24. The first-order valence-electron chi connectivity index (χ1n) is 4.60. The molecule has 86 valence electrons. The van der Waals surface area contributed by atoms with E-state index in [4.69, 9.17) is 5.73 Å². The largest absolute Gasteiger partial charge is 0.384 e. The summed E-state index contributed by atoms with van der Waals surface area (Å²) in [5, 5.41) is 7.74. The molecule has 0 aromatic carbocycles. The fourth-order valence-corrected chi connectivity index (χ4v) is 1.48. The molecule has 0 aliphatic carbocycles. The summed E-state index contributed by atoms with van der Waals surface area (Å²) in [6.07, 6.45) is -1.12. The average Bonchev–Trinajstić information content (AvgIpc) is 2.71. The Hall–Kier alpha value is -1.92. The number of alkyl halides is 2. The van der Waals surface area contributed by atoms with Crippen LogP contribution in [0.1, 0.15) is 12.1 Å². The Balaban J connectivity index is 2.54. The molecule has 0 unspecified atom stereocenters. The summed E-state index contributed by atoms with van der Waals surface area (Å²) in [4.78, 5) is 0. The number of nitrogens with two attached hydrogens (primary N) is 1. The smallest absolute Gasteiger partial charge is 0.282 e. The molecule has 0 bridgehead atoms. The molecule has 0 saturated heterocycles. The lowest BCUT2D eigenvalue weighted by Crippen LogP contribution is -1.96. The molecule has 16 heavy (non-hydrogen) atoms. The minimum absolute atomic E-state index is 0.277. The van der Waals surface area contributed by atoms with E-state index in [1.54, 1.807) is 20.2 Å². The second-order valence-corrected chi connectivity index (χ2v) is 3.48. The fourth-order valence-electron chi connectivity index (χ4n) is 1.48. The van der Waals surface area contributed by atoms with Gasteiger partial charge in [-0.2, -0.15) is 10.2 Å². The molecule has 2 aromatic rings. The Morgan fingerprint density at radius 3 is 2.50 bits per heavy atom. The zero-order valence-corrected chi connectivity index (χ0v) is 8.85. The number of nitrogen functional groups attached to an aromatic ring is 1. The SMILES string of the molecule is Cn1cc(-c2cc(N)n(C)n2)c(C(F)F)n1. The van der Waals surface area contributed by atoms with E-state index >= 15 is 0 Å². The minimum Gasteiger partial charge on any atom is -0.384 e. The van der Waals surface area contributed by atoms with Gasteiger partial charge in [-0.1, -0.05) is 0 Å². The molecule has 0 saturated carbocycles. The van der Waals surface area contributed by atoms with Crippen molar-refractivity contribution in [3.8, 4) is 11.3 Å². The van der Waals surface area contributed by atoms with Gasteiger partial charge in [-0.25, -0.2) is 8.78 Å². The minimum atomic E-state index is -2.63. The summed E-state index contributed by atoms with van der Waals surface area (Å²) in [5.74, 6) is 0.416. The normalized spacial score (nSPS) is 11.3. The second-order valence-electron chi connectivity index (χ2n) is 3.48. The summed E-state index contributed by atoms with van der Waals surface area (Å²) < 4.78 is 28.1. The lowest BCUT2D eigenvalue weighted by atomic mass is 10.2. The van der Waals surface area contributed by atoms with Crippen LogP contribution in [0.2, 0.25) is 0 Å². The molecule has 0 aliphatic heterocycles. The number of nitrogens with zero attached hydrogens (tertiary/aromatic N) is 4. The molecule has 0 radical (unpaired) electrons. The van der Waals surface area contributed by atoms with Crippen molar-refractivity contribution in [2.75, 3.05) is 5.73 Å². The van der Waals surface area contributed by atoms with Crippen molar-refractivity contribution in [1.82, 2.24) is 19.6 Å². The van der Waals surface area contributed by atoms with E-state index < -0.39 is 6.43 Å². The maximum atomic E-state index is 12.7. The zero-order valence-electron chi connectivity index (χ0n) is 8.85. The Bertz CT molecular complexity index is 494. The lowest BCUT2D eigenvalue weighted by molar-refractivity contribution is 0.146. The maximum Gasteiger partial charge on any atom is 0.282 e. The standard InChI is InChI=1S/C9H11F2N5/c1-15-4-5(8(14-15)9(10)11)6-3-7(12)16(2)13-6/h3-4,9H,12H2,1-2H3. The third kappa shape index (κ3) is 1.64. The third-order valence-corrected chi connectivity index (χ3v) is 2.26. The van der Waals surface area contributed by atoms with E-state index in [9.17, 15) is 8.78 Å². The second kappa shape index (κ2) is 3.58. The monoisotopic (exact) mass is 227 g/mol. The quantitative estimate of drug-likeness (QED) is 0.842. The van der Waals surface area contributed by atoms with Crippen molar-refractivity contribution in [3.63, 3.8) is 0 Å². The Morgan fingerprint density at radius 1 is 1.31 bits per heavy atom. The van der Waals surface area contributed by atoms with Gasteiger partial charge in [0.15, 0.2) is 0 Å². The lowest BCUT2D eigenvalue weighted by Gasteiger charge is -1.96. The highest BCUT2D eigenvalue weighted by molar-refractivity contribution is 5.64. The highest BCUT2D eigenvalue weighted by Crippen LogP contribution is 2.29. The molecule has 0 amide bonds. The summed E-state index contributed by atoms with van der Waals surface area (Å²) in [6.45, 7) is 0. The number of halogens is 2. The van der Waals surface area contributed by atoms with Gasteiger partial charge >= 0.3 is 0 Å². The number of aryl methyl sites for hydroxylation is 2. The Labute approximate surface area is 90.5 Å². The highest BCUT2D eigenvalue weighted by Gasteiger charge is 2.20. The molecule has 2 heterocycles. The predicted molar refractivity (Wildman–Crippen MR) is 54.8 cm³/mol. The fraction of sp³-hybridized carbons (Fsp3) is 0.333. The van der Waals surface area contributed by atoms with Gasteiger partial charge in [0.2, 0.25) is 0 Å². The van der Waals surface area contributed by atoms with Crippen LogP contribution in [0.15, 0.2) is 12.3 Å². The molecule has 0 spiro atoms. The molecule has 2 N–H and O–H groups in total. The molecule has 0 fully saturated rings. The van der Waals surface area contributed by atoms with Gasteiger partial charge in [-0.05, 0) is 0 Å². The van der Waals surface area contributed by atoms with Crippen LogP contribution in [0, 0.1) is 0 Å². The van der Waals surface area contributed by atoms with E-state index in [1.165, 1.54) is 15.6 Å². The van der Waals surface area contributed by atoms with Gasteiger partial charge in [-0.15, -0.1) is 0 Å². The Kier molecular flexibility index (Phi) is 2.37. The molecule has 2 aromatic heterocycles.